The van der Waals surface area contributed by atoms with Crippen LogP contribution in [0.4, 0.5) is 0 Å². The van der Waals surface area contributed by atoms with Gasteiger partial charge in [-0.2, -0.15) is 0 Å². The van der Waals surface area contributed by atoms with Crippen LogP contribution in [0.2, 0.25) is 0 Å². The number of carbonyl (C=O) groups excluding carboxylic acids is 2. The Hall–Kier alpha value is -0.700. The molecule has 1 unspecified atom stereocenters. The van der Waals surface area contributed by atoms with Gasteiger partial charge in [-0.3, -0.25) is 9.59 Å². The van der Waals surface area contributed by atoms with E-state index in [0.29, 0.717) is 12.8 Å². The van der Waals surface area contributed by atoms with Gasteiger partial charge < -0.3 is 5.11 Å². The van der Waals surface area contributed by atoms with Gasteiger partial charge in [-0.1, -0.05) is 6.92 Å². The molecule has 0 amide bonds. The second kappa shape index (κ2) is 2.34. The average Bonchev–Trinajstić information content (AvgIpc) is 2.13. The number of hydrogen-bond acceptors (Lipinski definition) is 3. The van der Waals surface area contributed by atoms with Crippen LogP contribution in [0.3, 0.4) is 0 Å². The first kappa shape index (κ1) is 9.52. The van der Waals surface area contributed by atoms with E-state index in [4.69, 9.17) is 0 Å². The topological polar surface area (TPSA) is 54.4 Å². The van der Waals surface area contributed by atoms with Crippen LogP contribution in [0.15, 0.2) is 0 Å². The van der Waals surface area contributed by atoms with Crippen LogP contribution in [0.1, 0.15) is 33.1 Å². The highest BCUT2D eigenvalue weighted by atomic mass is 16.3. The number of ketones is 2. The van der Waals surface area contributed by atoms with Crippen molar-refractivity contribution < 1.29 is 14.7 Å². The summed E-state index contributed by atoms with van der Waals surface area (Å²) in [5.74, 6) is -0.509. The largest absolute Gasteiger partial charge is 0.389 e. The molecule has 4 rings (SSSR count). The molecular formula is C12H16O3. The second-order valence-corrected chi connectivity index (χ2v) is 5.96. The van der Waals surface area contributed by atoms with Crippen molar-refractivity contribution in [1.82, 2.24) is 0 Å². The molecule has 0 radical (unpaired) electrons. The normalized spacial score (nSPS) is 57.7. The van der Waals surface area contributed by atoms with Gasteiger partial charge in [0.15, 0.2) is 0 Å². The molecule has 3 heteroatoms. The zero-order valence-electron chi connectivity index (χ0n) is 9.12. The summed E-state index contributed by atoms with van der Waals surface area (Å²) in [6.45, 7) is 3.80. The smallest absolute Gasteiger partial charge is 0.149 e. The van der Waals surface area contributed by atoms with Crippen molar-refractivity contribution in [3.63, 3.8) is 0 Å². The Morgan fingerprint density at radius 2 is 1.87 bits per heavy atom. The third-order valence-corrected chi connectivity index (χ3v) is 5.20. The lowest BCUT2D eigenvalue weighted by atomic mass is 9.43. The summed E-state index contributed by atoms with van der Waals surface area (Å²) in [7, 11) is 0. The maximum absolute atomic E-state index is 12.0. The molecule has 0 aliphatic heterocycles. The number of hydrogen-bond donors (Lipinski definition) is 1. The van der Waals surface area contributed by atoms with Gasteiger partial charge in [-0.15, -0.1) is 0 Å². The zero-order valence-corrected chi connectivity index (χ0v) is 9.12. The molecule has 1 N–H and O–H groups in total. The molecule has 0 heterocycles. The summed E-state index contributed by atoms with van der Waals surface area (Å²) in [4.78, 5) is 23.8. The van der Waals surface area contributed by atoms with E-state index in [-0.39, 0.29) is 28.8 Å². The van der Waals surface area contributed by atoms with Crippen molar-refractivity contribution in [3.05, 3.63) is 0 Å². The molecule has 4 aliphatic rings. The first-order valence-corrected chi connectivity index (χ1v) is 5.67. The Bertz CT molecular complexity index is 371. The molecule has 4 aliphatic carbocycles. The van der Waals surface area contributed by atoms with Crippen LogP contribution in [0.5, 0.6) is 0 Å². The van der Waals surface area contributed by atoms with Crippen molar-refractivity contribution >= 4 is 11.6 Å². The molecule has 0 aromatic rings. The minimum atomic E-state index is -0.905. The van der Waals surface area contributed by atoms with Crippen LogP contribution in [-0.4, -0.2) is 22.3 Å². The summed E-state index contributed by atoms with van der Waals surface area (Å²) < 4.78 is 0. The lowest BCUT2D eigenvalue weighted by Gasteiger charge is -2.61. The molecule has 4 bridgehead atoms. The van der Waals surface area contributed by atoms with Gasteiger partial charge in [-0.05, 0) is 31.6 Å². The maximum Gasteiger partial charge on any atom is 0.149 e. The summed E-state index contributed by atoms with van der Waals surface area (Å²) in [6.07, 6.45) is 1.90. The van der Waals surface area contributed by atoms with Crippen molar-refractivity contribution in [1.29, 1.82) is 0 Å². The fraction of sp³-hybridized carbons (Fsp3) is 0.833. The summed E-state index contributed by atoms with van der Waals surface area (Å²) in [5.41, 5.74) is -1.13. The van der Waals surface area contributed by atoms with Crippen LogP contribution in [0, 0.1) is 23.2 Å². The molecule has 0 aromatic heterocycles. The van der Waals surface area contributed by atoms with Crippen molar-refractivity contribution in [2.75, 3.05) is 0 Å². The summed E-state index contributed by atoms with van der Waals surface area (Å²) in [6, 6.07) is 0. The van der Waals surface area contributed by atoms with E-state index < -0.39 is 11.5 Å². The molecule has 4 saturated carbocycles. The predicted molar refractivity (Wildman–Crippen MR) is 53.1 cm³/mol. The molecule has 5 atom stereocenters. The maximum atomic E-state index is 12.0. The fourth-order valence-corrected chi connectivity index (χ4v) is 3.99. The second-order valence-electron chi connectivity index (χ2n) is 5.96. The fourth-order valence-electron chi connectivity index (χ4n) is 3.99. The van der Waals surface area contributed by atoms with Gasteiger partial charge in [-0.25, -0.2) is 0 Å². The first-order chi connectivity index (χ1) is 6.87. The molecule has 3 nitrogen and oxygen atoms in total. The Morgan fingerprint density at radius 1 is 1.20 bits per heavy atom. The van der Waals surface area contributed by atoms with Crippen molar-refractivity contribution in [2.24, 2.45) is 23.2 Å². The highest BCUT2D eigenvalue weighted by Gasteiger charge is 2.67. The molecular weight excluding hydrogens is 192 g/mol. The van der Waals surface area contributed by atoms with Crippen LogP contribution >= 0.6 is 0 Å². The van der Waals surface area contributed by atoms with Gasteiger partial charge in [0.2, 0.25) is 0 Å². The van der Waals surface area contributed by atoms with Gasteiger partial charge in [0, 0.05) is 11.8 Å². The van der Waals surface area contributed by atoms with E-state index in [1.165, 1.54) is 0 Å². The van der Waals surface area contributed by atoms with Crippen LogP contribution < -0.4 is 0 Å². The van der Waals surface area contributed by atoms with Gasteiger partial charge in [0.05, 0.1) is 11.5 Å². The van der Waals surface area contributed by atoms with Crippen molar-refractivity contribution in [2.45, 2.75) is 38.7 Å². The number of carbonyl (C=O) groups is 2. The Morgan fingerprint density at radius 3 is 2.53 bits per heavy atom. The quantitative estimate of drug-likeness (QED) is 0.603. The Kier molecular flexibility index (Phi) is 1.49. The molecule has 4 fully saturated rings. The predicted octanol–water partition coefficient (Wildman–Crippen LogP) is 0.942. The van der Waals surface area contributed by atoms with Gasteiger partial charge in [0.1, 0.15) is 11.6 Å². The molecule has 0 saturated heterocycles. The van der Waals surface area contributed by atoms with E-state index in [0.717, 1.165) is 6.42 Å². The number of Topliss-reactive ketones (excluding diaryl/α,β-unsaturated/α-hetero) is 2. The third-order valence-electron chi connectivity index (χ3n) is 5.20. The minimum absolute atomic E-state index is 0.00146. The van der Waals surface area contributed by atoms with Gasteiger partial charge >= 0.3 is 0 Å². The SMILES string of the molecule is CC1(O)[C@@H]2C[C@@H]3C[C@@]1(C)C[C@@H](C3=O)C2=O. The van der Waals surface area contributed by atoms with E-state index >= 15 is 0 Å². The highest BCUT2D eigenvalue weighted by molar-refractivity contribution is 6.08. The van der Waals surface area contributed by atoms with Gasteiger partial charge in [0.25, 0.3) is 0 Å². The standard InChI is InChI=1S/C12H16O3/c1-11-4-6-3-8(12(11,2)15)10(14)7(5-11)9(6)13/h6-8,15H,3-5H2,1-2H3/t6-,7+,8-,11+,12?/m1/s1. The lowest BCUT2D eigenvalue weighted by molar-refractivity contribution is -0.205. The third kappa shape index (κ3) is 0.865. The molecule has 0 aromatic carbocycles. The van der Waals surface area contributed by atoms with E-state index in [1.54, 1.807) is 6.92 Å². The molecule has 82 valence electrons. The van der Waals surface area contributed by atoms with Crippen LogP contribution in [0.25, 0.3) is 0 Å². The van der Waals surface area contributed by atoms with Crippen LogP contribution in [-0.2, 0) is 9.59 Å². The van der Waals surface area contributed by atoms with E-state index in [2.05, 4.69) is 0 Å². The number of rotatable bonds is 0. The Labute approximate surface area is 88.9 Å². The van der Waals surface area contributed by atoms with E-state index in [1.807, 2.05) is 6.92 Å². The lowest BCUT2D eigenvalue weighted by Crippen LogP contribution is -2.68. The molecule has 0 spiro atoms. The summed E-state index contributed by atoms with van der Waals surface area (Å²) >= 11 is 0. The Balaban J connectivity index is 2.13. The molecule has 15 heavy (non-hydrogen) atoms. The zero-order chi connectivity index (χ0) is 11.0. The summed E-state index contributed by atoms with van der Waals surface area (Å²) in [5, 5.41) is 10.5. The average molecular weight is 208 g/mol. The minimum Gasteiger partial charge on any atom is -0.389 e. The first-order valence-electron chi connectivity index (χ1n) is 5.67. The van der Waals surface area contributed by atoms with E-state index in [9.17, 15) is 14.7 Å². The van der Waals surface area contributed by atoms with Crippen molar-refractivity contribution in [3.8, 4) is 0 Å². The highest BCUT2D eigenvalue weighted by Crippen LogP contribution is 2.61. The monoisotopic (exact) mass is 208 g/mol. The number of aliphatic hydroxyl groups is 1.